The summed E-state index contributed by atoms with van der Waals surface area (Å²) < 4.78 is 13.8. The Kier molecular flexibility index (Phi) is 3.59. The van der Waals surface area contributed by atoms with Crippen LogP contribution in [0, 0.1) is 5.82 Å². The van der Waals surface area contributed by atoms with Gasteiger partial charge in [0.15, 0.2) is 0 Å². The molecule has 3 rings (SSSR count). The molecule has 106 valence electrons. The van der Waals surface area contributed by atoms with Crippen molar-refractivity contribution >= 4 is 5.69 Å². The van der Waals surface area contributed by atoms with Crippen LogP contribution in [0.25, 0.3) is 11.4 Å². The lowest BCUT2D eigenvalue weighted by Gasteiger charge is -2.16. The number of nitrogens with one attached hydrogen (secondary N) is 2. The Bertz CT molecular complexity index is 726. The van der Waals surface area contributed by atoms with Crippen LogP contribution >= 0.6 is 0 Å². The van der Waals surface area contributed by atoms with E-state index in [9.17, 15) is 4.39 Å². The number of rotatable bonds is 4. The Labute approximate surface area is 121 Å². The number of hydrogen-bond acceptors (Lipinski definition) is 4. The first-order valence-corrected chi connectivity index (χ1v) is 6.59. The first-order chi connectivity index (χ1) is 10.2. The van der Waals surface area contributed by atoms with Crippen LogP contribution in [0.4, 0.5) is 10.1 Å². The van der Waals surface area contributed by atoms with Gasteiger partial charge in [-0.05, 0) is 30.3 Å². The van der Waals surface area contributed by atoms with Crippen molar-refractivity contribution in [3.63, 3.8) is 0 Å². The molecule has 0 spiro atoms. The summed E-state index contributed by atoms with van der Waals surface area (Å²) >= 11 is 0. The lowest BCUT2D eigenvalue weighted by atomic mass is 10.1. The van der Waals surface area contributed by atoms with Gasteiger partial charge in [-0.1, -0.05) is 30.3 Å². The van der Waals surface area contributed by atoms with E-state index in [4.69, 9.17) is 0 Å². The molecule has 1 heterocycles. The van der Waals surface area contributed by atoms with E-state index in [1.54, 1.807) is 12.1 Å². The minimum Gasteiger partial charge on any atom is -0.378 e. The largest absolute Gasteiger partial charge is 0.378 e. The SMILES string of the molecule is CC(Nc1cccc(-c2nn[nH]n2)c1)c1ccccc1F. The van der Waals surface area contributed by atoms with Gasteiger partial charge in [-0.2, -0.15) is 5.21 Å². The lowest BCUT2D eigenvalue weighted by molar-refractivity contribution is 0.600. The van der Waals surface area contributed by atoms with E-state index in [0.29, 0.717) is 11.4 Å². The standard InChI is InChI=1S/C15H14FN5/c1-10(13-7-2-3-8-14(13)16)17-12-6-4-5-11(9-12)15-18-20-21-19-15/h2-10,17H,1H3,(H,18,19,20,21). The molecule has 6 heteroatoms. The monoisotopic (exact) mass is 283 g/mol. The van der Waals surface area contributed by atoms with E-state index in [1.807, 2.05) is 37.3 Å². The van der Waals surface area contributed by atoms with Gasteiger partial charge in [0.05, 0.1) is 6.04 Å². The van der Waals surface area contributed by atoms with Crippen LogP contribution in [0.2, 0.25) is 0 Å². The zero-order valence-corrected chi connectivity index (χ0v) is 11.4. The molecular weight excluding hydrogens is 269 g/mol. The van der Waals surface area contributed by atoms with Gasteiger partial charge in [0, 0.05) is 16.8 Å². The van der Waals surface area contributed by atoms with Gasteiger partial charge in [-0.15, -0.1) is 10.2 Å². The molecule has 5 nitrogen and oxygen atoms in total. The van der Waals surface area contributed by atoms with Gasteiger partial charge in [0.2, 0.25) is 5.82 Å². The average molecular weight is 283 g/mol. The molecule has 1 unspecified atom stereocenters. The summed E-state index contributed by atoms with van der Waals surface area (Å²) in [6, 6.07) is 14.2. The Morgan fingerprint density at radius 3 is 2.76 bits per heavy atom. The van der Waals surface area contributed by atoms with E-state index in [2.05, 4.69) is 25.9 Å². The van der Waals surface area contributed by atoms with Crippen LogP contribution in [0.15, 0.2) is 48.5 Å². The average Bonchev–Trinajstić information content (AvgIpc) is 3.02. The summed E-state index contributed by atoms with van der Waals surface area (Å²) in [5, 5.41) is 17.1. The van der Waals surface area contributed by atoms with Crippen LogP contribution in [-0.4, -0.2) is 20.6 Å². The van der Waals surface area contributed by atoms with Gasteiger partial charge in [0.25, 0.3) is 0 Å². The summed E-state index contributed by atoms with van der Waals surface area (Å²) in [5.74, 6) is 0.309. The zero-order valence-electron chi connectivity index (χ0n) is 11.4. The molecule has 1 atom stereocenters. The third-order valence-corrected chi connectivity index (χ3v) is 3.22. The smallest absolute Gasteiger partial charge is 0.204 e. The summed E-state index contributed by atoms with van der Waals surface area (Å²) in [4.78, 5) is 0. The van der Waals surface area contributed by atoms with E-state index >= 15 is 0 Å². The quantitative estimate of drug-likeness (QED) is 0.771. The molecule has 2 aromatic carbocycles. The van der Waals surface area contributed by atoms with E-state index in [0.717, 1.165) is 11.3 Å². The minimum absolute atomic E-state index is 0.147. The third kappa shape index (κ3) is 2.89. The molecule has 0 saturated carbocycles. The number of aromatic nitrogens is 4. The molecule has 21 heavy (non-hydrogen) atoms. The van der Waals surface area contributed by atoms with Crippen molar-refractivity contribution in [1.29, 1.82) is 0 Å². The first-order valence-electron chi connectivity index (χ1n) is 6.59. The highest BCUT2D eigenvalue weighted by atomic mass is 19.1. The summed E-state index contributed by atoms with van der Waals surface area (Å²) in [5.41, 5.74) is 2.34. The van der Waals surface area contributed by atoms with Gasteiger partial charge < -0.3 is 5.32 Å². The normalized spacial score (nSPS) is 12.1. The van der Waals surface area contributed by atoms with Gasteiger partial charge >= 0.3 is 0 Å². The minimum atomic E-state index is -0.216. The van der Waals surface area contributed by atoms with Crippen molar-refractivity contribution < 1.29 is 4.39 Å². The third-order valence-electron chi connectivity index (χ3n) is 3.22. The van der Waals surface area contributed by atoms with Crippen molar-refractivity contribution in [2.75, 3.05) is 5.32 Å². The predicted octanol–water partition coefficient (Wildman–Crippen LogP) is 3.18. The molecule has 0 aliphatic heterocycles. The maximum atomic E-state index is 13.8. The maximum absolute atomic E-state index is 13.8. The number of H-pyrrole nitrogens is 1. The van der Waals surface area contributed by atoms with Crippen LogP contribution < -0.4 is 5.32 Å². The van der Waals surface area contributed by atoms with Gasteiger partial charge in [-0.3, -0.25) is 0 Å². The van der Waals surface area contributed by atoms with Crippen molar-refractivity contribution in [3.05, 3.63) is 59.9 Å². The van der Waals surface area contributed by atoms with Gasteiger partial charge in [0.1, 0.15) is 5.82 Å². The number of nitrogens with zero attached hydrogens (tertiary/aromatic N) is 3. The number of anilines is 1. The maximum Gasteiger partial charge on any atom is 0.204 e. The summed E-state index contributed by atoms with van der Waals surface area (Å²) in [6.07, 6.45) is 0. The molecule has 0 saturated heterocycles. The number of benzene rings is 2. The Morgan fingerprint density at radius 1 is 1.14 bits per heavy atom. The molecule has 3 aromatic rings. The van der Waals surface area contributed by atoms with Crippen molar-refractivity contribution in [1.82, 2.24) is 20.6 Å². The fraction of sp³-hybridized carbons (Fsp3) is 0.133. The predicted molar refractivity (Wildman–Crippen MR) is 78.1 cm³/mol. The van der Waals surface area contributed by atoms with Crippen molar-refractivity contribution in [2.24, 2.45) is 0 Å². The Balaban J connectivity index is 1.82. The molecule has 0 fully saturated rings. The molecule has 1 aromatic heterocycles. The second kappa shape index (κ2) is 5.70. The van der Waals surface area contributed by atoms with Gasteiger partial charge in [-0.25, -0.2) is 4.39 Å². The number of hydrogen-bond donors (Lipinski definition) is 2. The van der Waals surface area contributed by atoms with Crippen LogP contribution in [0.3, 0.4) is 0 Å². The lowest BCUT2D eigenvalue weighted by Crippen LogP contribution is -2.08. The molecule has 0 aliphatic carbocycles. The highest BCUT2D eigenvalue weighted by Crippen LogP contribution is 2.24. The van der Waals surface area contributed by atoms with Crippen molar-refractivity contribution in [3.8, 4) is 11.4 Å². The van der Waals surface area contributed by atoms with E-state index in [-0.39, 0.29) is 11.9 Å². The molecular formula is C15H14FN5. The second-order valence-electron chi connectivity index (χ2n) is 4.70. The number of aromatic amines is 1. The fourth-order valence-corrected chi connectivity index (χ4v) is 2.19. The number of tetrazole rings is 1. The number of halogens is 1. The van der Waals surface area contributed by atoms with E-state index < -0.39 is 0 Å². The van der Waals surface area contributed by atoms with E-state index in [1.165, 1.54) is 6.07 Å². The molecule has 2 N–H and O–H groups in total. The topological polar surface area (TPSA) is 66.5 Å². The highest BCUT2D eigenvalue weighted by Gasteiger charge is 2.11. The molecule has 0 bridgehead atoms. The molecule has 0 aliphatic rings. The Morgan fingerprint density at radius 2 is 2.00 bits per heavy atom. The van der Waals surface area contributed by atoms with Crippen molar-refractivity contribution in [2.45, 2.75) is 13.0 Å². The second-order valence-corrected chi connectivity index (χ2v) is 4.70. The molecule has 0 amide bonds. The zero-order chi connectivity index (χ0) is 14.7. The first kappa shape index (κ1) is 13.2. The molecule has 0 radical (unpaired) electrons. The highest BCUT2D eigenvalue weighted by molar-refractivity contribution is 5.62. The summed E-state index contributed by atoms with van der Waals surface area (Å²) in [7, 11) is 0. The fourth-order valence-electron chi connectivity index (χ4n) is 2.19. The van der Waals surface area contributed by atoms with Crippen LogP contribution in [0.1, 0.15) is 18.5 Å². The van der Waals surface area contributed by atoms with Crippen LogP contribution in [0.5, 0.6) is 0 Å². The summed E-state index contributed by atoms with van der Waals surface area (Å²) in [6.45, 7) is 1.92. The van der Waals surface area contributed by atoms with Crippen LogP contribution in [-0.2, 0) is 0 Å². The Hall–Kier alpha value is -2.76.